The molecule has 0 bridgehead atoms. The molecule has 0 aromatic carbocycles. The molecule has 5 N–H and O–H groups in total. The van der Waals surface area contributed by atoms with Gasteiger partial charge >= 0.3 is 23.7 Å². The number of nitrogens with one attached hydrogen (secondary N) is 2. The number of aliphatic hydroxyl groups excluding tert-OH is 2. The van der Waals surface area contributed by atoms with Crippen molar-refractivity contribution in [2.24, 2.45) is 5.41 Å². The minimum atomic E-state index is -1.87. The fourth-order valence-corrected chi connectivity index (χ4v) is 3.16. The van der Waals surface area contributed by atoms with Gasteiger partial charge in [-0.25, -0.2) is 9.59 Å². The van der Waals surface area contributed by atoms with E-state index in [0.29, 0.717) is 0 Å². The van der Waals surface area contributed by atoms with Crippen LogP contribution in [0, 0.1) is 5.41 Å². The van der Waals surface area contributed by atoms with E-state index in [1.807, 2.05) is 0 Å². The summed E-state index contributed by atoms with van der Waals surface area (Å²) in [4.78, 5) is 51.2. The molecular formula is C22H34N4O11. The van der Waals surface area contributed by atoms with E-state index >= 15 is 0 Å². The van der Waals surface area contributed by atoms with Gasteiger partial charge in [-0.2, -0.15) is 4.98 Å². The molecule has 0 saturated carbocycles. The summed E-state index contributed by atoms with van der Waals surface area (Å²) < 4.78 is 21.1. The summed E-state index contributed by atoms with van der Waals surface area (Å²) in [6.07, 6.45) is -3.54. The van der Waals surface area contributed by atoms with Gasteiger partial charge in [0.1, 0.15) is 43.4 Å². The number of esters is 2. The number of carbonyl (C=O) groups is 3. The van der Waals surface area contributed by atoms with E-state index in [2.05, 4.69) is 15.6 Å². The van der Waals surface area contributed by atoms with Crippen LogP contribution in [-0.2, 0) is 28.5 Å². The largest absolute Gasteiger partial charge is 0.462 e. The summed E-state index contributed by atoms with van der Waals surface area (Å²) in [5.41, 5.74) is -3.40. The molecule has 15 heteroatoms. The molecule has 1 aromatic rings. The summed E-state index contributed by atoms with van der Waals surface area (Å²) in [5.74, 6) is -1.11. The van der Waals surface area contributed by atoms with Crippen LogP contribution in [0.5, 0.6) is 0 Å². The summed E-state index contributed by atoms with van der Waals surface area (Å²) in [6, 6.07) is 1.26. The molecule has 15 nitrogen and oxygen atoms in total. The lowest BCUT2D eigenvalue weighted by molar-refractivity contribution is -0.157. The van der Waals surface area contributed by atoms with Gasteiger partial charge in [0.05, 0.1) is 18.6 Å². The molecular weight excluding hydrogens is 496 g/mol. The van der Waals surface area contributed by atoms with Gasteiger partial charge in [-0.1, -0.05) is 0 Å². The van der Waals surface area contributed by atoms with Gasteiger partial charge in [0.15, 0.2) is 6.23 Å². The Kier molecular flexibility index (Phi) is 10.5. The standard InChI is InChI=1S/C22H34N4O11/c1-21(2,3)18(30)35-10-9-34-15(28)11-23-6-8-36-20(32)25-14-5-7-26(19(31)24-14)17-22(4,33)16(29)13(12-27)37-17/h5,7,13,16-17,23,27,29,33H,6,8-12H2,1-4H3,(H,24,25,31,32)/t13-,16-,17-,22-/m1/s1. The summed E-state index contributed by atoms with van der Waals surface area (Å²) in [5, 5.41) is 34.8. The number of hydrogen-bond donors (Lipinski definition) is 5. The Balaban J connectivity index is 1.68. The Morgan fingerprint density at radius 3 is 2.46 bits per heavy atom. The molecule has 1 aromatic heterocycles. The SMILES string of the molecule is CC(C)(C)C(=O)OCCOC(=O)CNCCOC(=O)Nc1ccn([C@@H]2O[C@H](CO)[C@@H](O)[C@@]2(C)O)c(=O)n1. The van der Waals surface area contributed by atoms with Crippen molar-refractivity contribution in [1.29, 1.82) is 0 Å². The van der Waals surface area contributed by atoms with E-state index in [4.69, 9.17) is 18.9 Å². The zero-order chi connectivity index (χ0) is 27.8. The molecule has 0 spiro atoms. The molecule has 1 aliphatic heterocycles. The summed E-state index contributed by atoms with van der Waals surface area (Å²) in [7, 11) is 0. The van der Waals surface area contributed by atoms with Crippen LogP contribution in [-0.4, -0.2) is 100 Å². The Morgan fingerprint density at radius 1 is 1.19 bits per heavy atom. The molecule has 1 amide bonds. The van der Waals surface area contributed by atoms with Crippen molar-refractivity contribution in [2.45, 2.75) is 51.7 Å². The van der Waals surface area contributed by atoms with Gasteiger partial charge < -0.3 is 39.6 Å². The number of anilines is 1. The first-order valence-electron chi connectivity index (χ1n) is 11.5. The van der Waals surface area contributed by atoms with Crippen LogP contribution in [0.15, 0.2) is 17.1 Å². The van der Waals surface area contributed by atoms with E-state index in [0.717, 1.165) is 4.57 Å². The second kappa shape index (κ2) is 12.9. The number of aliphatic hydroxyl groups is 3. The second-order valence-corrected chi connectivity index (χ2v) is 9.43. The van der Waals surface area contributed by atoms with Gasteiger partial charge in [0, 0.05) is 12.7 Å². The summed E-state index contributed by atoms with van der Waals surface area (Å²) >= 11 is 0. The van der Waals surface area contributed by atoms with Gasteiger partial charge in [0.2, 0.25) is 0 Å². The normalized spacial score (nSPS) is 23.4. The average Bonchev–Trinajstić information content (AvgIpc) is 3.04. The molecule has 2 rings (SSSR count). The number of hydrogen-bond acceptors (Lipinski definition) is 13. The molecule has 208 valence electrons. The van der Waals surface area contributed by atoms with E-state index < -0.39 is 59.8 Å². The molecule has 37 heavy (non-hydrogen) atoms. The monoisotopic (exact) mass is 530 g/mol. The Bertz CT molecular complexity index is 1010. The van der Waals surface area contributed by atoms with Crippen molar-refractivity contribution >= 4 is 23.8 Å². The highest BCUT2D eigenvalue weighted by atomic mass is 16.6. The number of ether oxygens (including phenoxy) is 4. The Hall–Kier alpha value is -3.11. The lowest BCUT2D eigenvalue weighted by Crippen LogP contribution is -2.46. The maximum absolute atomic E-state index is 12.4. The fraction of sp³-hybridized carbons (Fsp3) is 0.682. The van der Waals surface area contributed by atoms with E-state index in [1.165, 1.54) is 19.2 Å². The molecule has 2 heterocycles. The molecule has 0 unspecified atom stereocenters. The number of rotatable bonds is 11. The third-order valence-corrected chi connectivity index (χ3v) is 5.22. The van der Waals surface area contributed by atoms with Crippen molar-refractivity contribution in [2.75, 3.05) is 44.8 Å². The predicted molar refractivity (Wildman–Crippen MR) is 125 cm³/mol. The molecule has 1 fully saturated rings. The molecule has 1 saturated heterocycles. The van der Waals surface area contributed by atoms with Crippen LogP contribution in [0.25, 0.3) is 0 Å². The highest BCUT2D eigenvalue weighted by Gasteiger charge is 2.53. The Labute approximate surface area is 212 Å². The highest BCUT2D eigenvalue weighted by molar-refractivity contribution is 5.83. The number of aromatic nitrogens is 2. The van der Waals surface area contributed by atoms with Gasteiger partial charge in [-0.15, -0.1) is 0 Å². The summed E-state index contributed by atoms with van der Waals surface area (Å²) in [6.45, 7) is 5.54. The first-order valence-corrected chi connectivity index (χ1v) is 11.5. The second-order valence-electron chi connectivity index (χ2n) is 9.43. The smallest absolute Gasteiger partial charge is 0.412 e. The van der Waals surface area contributed by atoms with Crippen molar-refractivity contribution in [3.63, 3.8) is 0 Å². The number of nitrogens with zero attached hydrogens (tertiary/aromatic N) is 2. The Morgan fingerprint density at radius 2 is 1.86 bits per heavy atom. The van der Waals surface area contributed by atoms with Crippen molar-refractivity contribution in [1.82, 2.24) is 14.9 Å². The van der Waals surface area contributed by atoms with Crippen molar-refractivity contribution < 1.29 is 48.7 Å². The topological polar surface area (TPSA) is 208 Å². The van der Waals surface area contributed by atoms with Crippen molar-refractivity contribution in [3.05, 3.63) is 22.7 Å². The van der Waals surface area contributed by atoms with Crippen LogP contribution in [0.3, 0.4) is 0 Å². The van der Waals surface area contributed by atoms with Gasteiger partial charge in [-0.3, -0.25) is 19.5 Å². The molecule has 0 aliphatic carbocycles. The number of amides is 1. The van der Waals surface area contributed by atoms with E-state index in [-0.39, 0.29) is 38.7 Å². The fourth-order valence-electron chi connectivity index (χ4n) is 3.16. The first kappa shape index (κ1) is 30.1. The van der Waals surface area contributed by atoms with Crippen LogP contribution in [0.2, 0.25) is 0 Å². The van der Waals surface area contributed by atoms with Crippen molar-refractivity contribution in [3.8, 4) is 0 Å². The van der Waals surface area contributed by atoms with Crippen LogP contribution in [0.1, 0.15) is 33.9 Å². The third-order valence-electron chi connectivity index (χ3n) is 5.22. The highest BCUT2D eigenvalue weighted by Crippen LogP contribution is 2.37. The predicted octanol–water partition coefficient (Wildman–Crippen LogP) is -1.48. The van der Waals surface area contributed by atoms with Crippen LogP contribution < -0.4 is 16.3 Å². The quantitative estimate of drug-likeness (QED) is 0.126. The third kappa shape index (κ3) is 8.46. The lowest BCUT2D eigenvalue weighted by Gasteiger charge is -2.27. The minimum absolute atomic E-state index is 0.0537. The maximum Gasteiger partial charge on any atom is 0.412 e. The maximum atomic E-state index is 12.4. The van der Waals surface area contributed by atoms with Gasteiger partial charge in [-0.05, 0) is 33.8 Å². The molecule has 1 aliphatic rings. The van der Waals surface area contributed by atoms with Crippen LogP contribution in [0.4, 0.5) is 10.6 Å². The van der Waals surface area contributed by atoms with Gasteiger partial charge in [0.25, 0.3) is 0 Å². The molecule has 0 radical (unpaired) electrons. The van der Waals surface area contributed by atoms with Crippen LogP contribution >= 0.6 is 0 Å². The zero-order valence-corrected chi connectivity index (χ0v) is 21.1. The zero-order valence-electron chi connectivity index (χ0n) is 21.1. The molecule has 4 atom stereocenters. The van der Waals surface area contributed by atoms with E-state index in [9.17, 15) is 34.5 Å². The average molecular weight is 531 g/mol. The first-order chi connectivity index (χ1) is 17.3. The number of carbonyl (C=O) groups excluding carboxylic acids is 3. The lowest BCUT2D eigenvalue weighted by atomic mass is 9.96. The minimum Gasteiger partial charge on any atom is -0.462 e. The van der Waals surface area contributed by atoms with E-state index in [1.54, 1.807) is 20.8 Å².